The van der Waals surface area contributed by atoms with Gasteiger partial charge < -0.3 is 4.74 Å². The van der Waals surface area contributed by atoms with Crippen LogP contribution in [0.4, 0.5) is 0 Å². The van der Waals surface area contributed by atoms with Crippen LogP contribution in [0, 0.1) is 0 Å². The molecule has 0 amide bonds. The van der Waals surface area contributed by atoms with Crippen molar-refractivity contribution in [2.45, 2.75) is 62.0 Å². The Hall–Kier alpha value is -1.11. The molecule has 2 heterocycles. The van der Waals surface area contributed by atoms with Crippen LogP contribution in [0.5, 0.6) is 0 Å². The third-order valence-corrected chi connectivity index (χ3v) is 6.77. The van der Waals surface area contributed by atoms with E-state index in [1.165, 1.54) is 23.2 Å². The summed E-state index contributed by atoms with van der Waals surface area (Å²) in [6.07, 6.45) is 6.64. The fraction of sp³-hybridized carbons (Fsp3) is 0.500. The minimum absolute atomic E-state index is 0.112. The average molecular weight is 435 g/mol. The van der Waals surface area contributed by atoms with Crippen molar-refractivity contribution >= 4 is 27.7 Å². The molecule has 1 aromatic heterocycles. The van der Waals surface area contributed by atoms with E-state index in [0.29, 0.717) is 6.54 Å². The van der Waals surface area contributed by atoms with Crippen molar-refractivity contribution in [3.05, 3.63) is 56.0 Å². The van der Waals surface area contributed by atoms with Crippen LogP contribution in [0.15, 0.2) is 38.6 Å². The van der Waals surface area contributed by atoms with E-state index in [0.717, 1.165) is 54.0 Å². The maximum Gasteiger partial charge on any atom is 0.348 e. The van der Waals surface area contributed by atoms with Gasteiger partial charge in [-0.25, -0.2) is 4.79 Å². The van der Waals surface area contributed by atoms with Crippen LogP contribution in [-0.4, -0.2) is 22.3 Å². The van der Waals surface area contributed by atoms with E-state index in [-0.39, 0.29) is 11.8 Å². The second kappa shape index (κ2) is 8.28. The third kappa shape index (κ3) is 4.07. The lowest BCUT2D eigenvalue weighted by Gasteiger charge is -2.24. The monoisotopic (exact) mass is 434 g/mol. The zero-order chi connectivity index (χ0) is 17.9. The predicted octanol–water partition coefficient (Wildman–Crippen LogP) is 4.36. The van der Waals surface area contributed by atoms with Gasteiger partial charge in [0.05, 0.1) is 12.6 Å². The van der Waals surface area contributed by atoms with E-state index >= 15 is 0 Å². The van der Waals surface area contributed by atoms with Gasteiger partial charge in [-0.15, -0.1) is 11.8 Å². The molecule has 2 aliphatic rings. The van der Waals surface area contributed by atoms with Crippen LogP contribution < -0.4 is 5.69 Å². The SMILES string of the molecule is O=c1nc(SCc2ccc(Br)cc2)c2c(n1CC1CCCO1)CCCC2. The summed E-state index contributed by atoms with van der Waals surface area (Å²) in [4.78, 5) is 17.2. The van der Waals surface area contributed by atoms with Crippen LogP contribution in [0.25, 0.3) is 0 Å². The largest absolute Gasteiger partial charge is 0.376 e. The fourth-order valence-electron chi connectivity index (χ4n) is 3.78. The van der Waals surface area contributed by atoms with Gasteiger partial charge in [0.15, 0.2) is 0 Å². The second-order valence-corrected chi connectivity index (χ2v) is 8.87. The number of nitrogens with zero attached hydrogens (tertiary/aromatic N) is 2. The van der Waals surface area contributed by atoms with Gasteiger partial charge in [-0.2, -0.15) is 4.98 Å². The molecule has 26 heavy (non-hydrogen) atoms. The predicted molar refractivity (Wildman–Crippen MR) is 108 cm³/mol. The second-order valence-electron chi connectivity index (χ2n) is 6.99. The molecule has 0 spiro atoms. The van der Waals surface area contributed by atoms with Gasteiger partial charge in [0.25, 0.3) is 0 Å². The Morgan fingerprint density at radius 1 is 1.19 bits per heavy atom. The van der Waals surface area contributed by atoms with Gasteiger partial charge in [0, 0.05) is 28.1 Å². The zero-order valence-corrected chi connectivity index (χ0v) is 17.2. The molecule has 1 aromatic carbocycles. The van der Waals surface area contributed by atoms with Crippen molar-refractivity contribution in [2.24, 2.45) is 0 Å². The molecule has 1 aliphatic heterocycles. The summed E-state index contributed by atoms with van der Waals surface area (Å²) in [6, 6.07) is 8.33. The van der Waals surface area contributed by atoms with E-state index in [2.05, 4.69) is 45.2 Å². The molecule has 1 atom stereocenters. The molecule has 2 aromatic rings. The number of ether oxygens (including phenoxy) is 1. The Labute approximate surface area is 166 Å². The highest BCUT2D eigenvalue weighted by molar-refractivity contribution is 9.10. The summed E-state index contributed by atoms with van der Waals surface area (Å²) < 4.78 is 8.73. The van der Waals surface area contributed by atoms with Gasteiger partial charge in [0.2, 0.25) is 0 Å². The Bertz CT molecular complexity index is 829. The Morgan fingerprint density at radius 3 is 2.77 bits per heavy atom. The minimum Gasteiger partial charge on any atom is -0.376 e. The average Bonchev–Trinajstić information content (AvgIpc) is 3.17. The maximum absolute atomic E-state index is 12.7. The van der Waals surface area contributed by atoms with E-state index in [9.17, 15) is 4.79 Å². The molecule has 0 saturated carbocycles. The van der Waals surface area contributed by atoms with E-state index in [1.54, 1.807) is 11.8 Å². The highest BCUT2D eigenvalue weighted by Crippen LogP contribution is 2.31. The molecule has 0 radical (unpaired) electrons. The summed E-state index contributed by atoms with van der Waals surface area (Å²) in [5, 5.41) is 0.927. The molecule has 0 bridgehead atoms. The van der Waals surface area contributed by atoms with Crippen LogP contribution >= 0.6 is 27.7 Å². The van der Waals surface area contributed by atoms with E-state index in [4.69, 9.17) is 4.74 Å². The first-order chi connectivity index (χ1) is 12.7. The number of thioether (sulfide) groups is 1. The molecule has 6 heteroatoms. The van der Waals surface area contributed by atoms with Crippen molar-refractivity contribution < 1.29 is 4.74 Å². The maximum atomic E-state index is 12.7. The first kappa shape index (κ1) is 18.3. The number of benzene rings is 1. The van der Waals surface area contributed by atoms with Crippen molar-refractivity contribution in [1.29, 1.82) is 0 Å². The van der Waals surface area contributed by atoms with Crippen molar-refractivity contribution in [2.75, 3.05) is 6.61 Å². The van der Waals surface area contributed by atoms with Gasteiger partial charge >= 0.3 is 5.69 Å². The molecular formula is C20H23BrN2O2S. The summed E-state index contributed by atoms with van der Waals surface area (Å²) in [7, 11) is 0. The number of rotatable bonds is 5. The number of halogens is 1. The van der Waals surface area contributed by atoms with E-state index in [1.807, 2.05) is 4.57 Å². The molecule has 138 valence electrons. The Morgan fingerprint density at radius 2 is 2.00 bits per heavy atom. The molecule has 1 fully saturated rings. The van der Waals surface area contributed by atoms with Gasteiger partial charge in [-0.1, -0.05) is 28.1 Å². The minimum atomic E-state index is -0.112. The van der Waals surface area contributed by atoms with Crippen molar-refractivity contribution in [3.63, 3.8) is 0 Å². The fourth-order valence-corrected chi connectivity index (χ4v) is 5.08. The standard InChI is InChI=1S/C20H23BrN2O2S/c21-15-9-7-14(8-10-15)13-26-19-17-5-1-2-6-18(17)23(20(24)22-19)12-16-4-3-11-25-16/h7-10,16H,1-6,11-13H2. The van der Waals surface area contributed by atoms with Crippen molar-refractivity contribution in [1.82, 2.24) is 9.55 Å². The molecule has 0 N–H and O–H groups in total. The summed E-state index contributed by atoms with van der Waals surface area (Å²) in [5.74, 6) is 0.835. The summed E-state index contributed by atoms with van der Waals surface area (Å²) in [5.41, 5.74) is 3.62. The first-order valence-corrected chi connectivity index (χ1v) is 11.1. The lowest BCUT2D eigenvalue weighted by Crippen LogP contribution is -2.33. The first-order valence-electron chi connectivity index (χ1n) is 9.32. The van der Waals surface area contributed by atoms with Crippen LogP contribution in [-0.2, 0) is 29.9 Å². The molecule has 4 rings (SSSR count). The van der Waals surface area contributed by atoms with Gasteiger partial charge in [-0.3, -0.25) is 4.57 Å². The van der Waals surface area contributed by atoms with E-state index < -0.39 is 0 Å². The smallest absolute Gasteiger partial charge is 0.348 e. The van der Waals surface area contributed by atoms with Crippen molar-refractivity contribution in [3.8, 4) is 0 Å². The lowest BCUT2D eigenvalue weighted by molar-refractivity contribution is 0.0947. The number of fused-ring (bicyclic) bond motifs is 1. The number of hydrogen-bond donors (Lipinski definition) is 0. The topological polar surface area (TPSA) is 44.1 Å². The number of hydrogen-bond acceptors (Lipinski definition) is 4. The van der Waals surface area contributed by atoms with Crippen LogP contribution in [0.2, 0.25) is 0 Å². The van der Waals surface area contributed by atoms with Crippen LogP contribution in [0.3, 0.4) is 0 Å². The molecule has 1 aliphatic carbocycles. The third-order valence-electron chi connectivity index (χ3n) is 5.15. The lowest BCUT2D eigenvalue weighted by atomic mass is 9.97. The van der Waals surface area contributed by atoms with Crippen LogP contribution in [0.1, 0.15) is 42.5 Å². The quantitative estimate of drug-likeness (QED) is 0.517. The normalized spacial score (nSPS) is 19.5. The van der Waals surface area contributed by atoms with Gasteiger partial charge in [0.1, 0.15) is 5.03 Å². The Balaban J connectivity index is 1.59. The summed E-state index contributed by atoms with van der Waals surface area (Å²) in [6.45, 7) is 1.47. The molecule has 1 unspecified atom stereocenters. The molecule has 1 saturated heterocycles. The number of aromatic nitrogens is 2. The highest BCUT2D eigenvalue weighted by Gasteiger charge is 2.24. The summed E-state index contributed by atoms with van der Waals surface area (Å²) >= 11 is 5.16. The van der Waals surface area contributed by atoms with Gasteiger partial charge in [-0.05, 0) is 56.2 Å². The Kier molecular flexibility index (Phi) is 5.81. The highest BCUT2D eigenvalue weighted by atomic mass is 79.9. The molecular weight excluding hydrogens is 412 g/mol. The zero-order valence-electron chi connectivity index (χ0n) is 14.7. The molecule has 4 nitrogen and oxygen atoms in total.